The van der Waals surface area contributed by atoms with E-state index in [2.05, 4.69) is 43.0 Å². The molecule has 3 heteroatoms. The zero-order valence-corrected chi connectivity index (χ0v) is 12.2. The highest BCUT2D eigenvalue weighted by Crippen LogP contribution is 2.13. The normalized spacial score (nSPS) is 12.6. The summed E-state index contributed by atoms with van der Waals surface area (Å²) in [5.74, 6) is -0.722. The van der Waals surface area contributed by atoms with Crippen molar-refractivity contribution in [2.75, 3.05) is 13.6 Å². The fourth-order valence-corrected chi connectivity index (χ4v) is 2.17. The SMILES string of the molecule is CCCCN(C)C(CC(=O)O)Cc1ccc(C)cc1. The van der Waals surface area contributed by atoms with E-state index in [9.17, 15) is 4.79 Å². The summed E-state index contributed by atoms with van der Waals surface area (Å²) in [7, 11) is 2.03. The fraction of sp³-hybridized carbons (Fsp3) is 0.562. The summed E-state index contributed by atoms with van der Waals surface area (Å²) in [6.45, 7) is 5.17. The second-order valence-corrected chi connectivity index (χ2v) is 5.28. The van der Waals surface area contributed by atoms with Crippen LogP contribution in [0, 0.1) is 6.92 Å². The van der Waals surface area contributed by atoms with Gasteiger partial charge in [-0.15, -0.1) is 0 Å². The molecule has 0 aliphatic carbocycles. The standard InChI is InChI=1S/C16H25NO2/c1-4-5-10-17(3)15(12-16(18)19)11-14-8-6-13(2)7-9-14/h6-9,15H,4-5,10-12H2,1-3H3,(H,18,19). The van der Waals surface area contributed by atoms with E-state index >= 15 is 0 Å². The number of carbonyl (C=O) groups is 1. The van der Waals surface area contributed by atoms with E-state index in [4.69, 9.17) is 5.11 Å². The Morgan fingerprint density at radius 1 is 1.32 bits per heavy atom. The van der Waals surface area contributed by atoms with Crippen LogP contribution in [0.2, 0.25) is 0 Å². The number of likely N-dealkylation sites (N-methyl/N-ethyl adjacent to an activating group) is 1. The maximum Gasteiger partial charge on any atom is 0.304 e. The minimum Gasteiger partial charge on any atom is -0.481 e. The largest absolute Gasteiger partial charge is 0.481 e. The van der Waals surface area contributed by atoms with Gasteiger partial charge in [0.15, 0.2) is 0 Å². The summed E-state index contributed by atoms with van der Waals surface area (Å²) in [5, 5.41) is 9.05. The van der Waals surface area contributed by atoms with Crippen LogP contribution in [0.25, 0.3) is 0 Å². The minimum absolute atomic E-state index is 0.0757. The van der Waals surface area contributed by atoms with Crippen molar-refractivity contribution >= 4 is 5.97 Å². The maximum atomic E-state index is 11.0. The van der Waals surface area contributed by atoms with Crippen molar-refractivity contribution in [1.82, 2.24) is 4.90 Å². The monoisotopic (exact) mass is 263 g/mol. The molecule has 0 radical (unpaired) electrons. The molecule has 1 aromatic carbocycles. The molecule has 3 nitrogen and oxygen atoms in total. The van der Waals surface area contributed by atoms with Crippen LogP contribution < -0.4 is 0 Å². The van der Waals surface area contributed by atoms with Crippen LogP contribution in [-0.4, -0.2) is 35.6 Å². The first-order valence-corrected chi connectivity index (χ1v) is 7.00. The molecule has 0 spiro atoms. The van der Waals surface area contributed by atoms with Gasteiger partial charge in [0, 0.05) is 6.04 Å². The molecule has 0 aromatic heterocycles. The molecule has 1 rings (SSSR count). The van der Waals surface area contributed by atoms with Gasteiger partial charge in [-0.2, -0.15) is 0 Å². The van der Waals surface area contributed by atoms with Crippen LogP contribution in [0.3, 0.4) is 0 Å². The van der Waals surface area contributed by atoms with Gasteiger partial charge in [0.2, 0.25) is 0 Å². The predicted octanol–water partition coefficient (Wildman–Crippen LogP) is 3.11. The third-order valence-corrected chi connectivity index (χ3v) is 3.49. The Kier molecular flexibility index (Phi) is 6.57. The number of rotatable bonds is 8. The molecule has 1 unspecified atom stereocenters. The molecule has 0 aliphatic heterocycles. The minimum atomic E-state index is -0.722. The molecule has 1 aromatic rings. The summed E-state index contributed by atoms with van der Waals surface area (Å²) >= 11 is 0. The highest BCUT2D eigenvalue weighted by atomic mass is 16.4. The Morgan fingerprint density at radius 2 is 1.95 bits per heavy atom. The molecule has 106 valence electrons. The van der Waals surface area contributed by atoms with Gasteiger partial charge in [-0.25, -0.2) is 0 Å². The Bertz CT molecular complexity index is 386. The van der Waals surface area contributed by atoms with Crippen LogP contribution in [-0.2, 0) is 11.2 Å². The lowest BCUT2D eigenvalue weighted by Gasteiger charge is -2.27. The molecule has 0 amide bonds. The smallest absolute Gasteiger partial charge is 0.304 e. The van der Waals surface area contributed by atoms with Crippen molar-refractivity contribution in [1.29, 1.82) is 0 Å². The number of nitrogens with zero attached hydrogens (tertiary/aromatic N) is 1. The summed E-state index contributed by atoms with van der Waals surface area (Å²) in [4.78, 5) is 13.2. The number of hydrogen-bond donors (Lipinski definition) is 1. The van der Waals surface area contributed by atoms with Crippen molar-refractivity contribution in [2.24, 2.45) is 0 Å². The van der Waals surface area contributed by atoms with Crippen LogP contribution in [0.5, 0.6) is 0 Å². The number of carboxylic acid groups (broad SMARTS) is 1. The zero-order valence-electron chi connectivity index (χ0n) is 12.2. The first kappa shape index (κ1) is 15.7. The van der Waals surface area contributed by atoms with Crippen molar-refractivity contribution in [3.05, 3.63) is 35.4 Å². The number of unbranched alkanes of at least 4 members (excludes halogenated alkanes) is 1. The van der Waals surface area contributed by atoms with E-state index in [1.54, 1.807) is 0 Å². The quantitative estimate of drug-likeness (QED) is 0.783. The zero-order chi connectivity index (χ0) is 14.3. The van der Waals surface area contributed by atoms with Crippen LogP contribution in [0.4, 0.5) is 0 Å². The van der Waals surface area contributed by atoms with E-state index in [0.29, 0.717) is 0 Å². The summed E-state index contributed by atoms with van der Waals surface area (Å²) < 4.78 is 0. The van der Waals surface area contributed by atoms with Crippen molar-refractivity contribution in [3.63, 3.8) is 0 Å². The lowest BCUT2D eigenvalue weighted by Crippen LogP contribution is -2.36. The van der Waals surface area contributed by atoms with E-state index in [1.807, 2.05) is 7.05 Å². The molecule has 1 atom stereocenters. The summed E-state index contributed by atoms with van der Waals surface area (Å²) in [5.41, 5.74) is 2.44. The highest BCUT2D eigenvalue weighted by Gasteiger charge is 2.18. The third-order valence-electron chi connectivity index (χ3n) is 3.49. The van der Waals surface area contributed by atoms with Gasteiger partial charge >= 0.3 is 5.97 Å². The van der Waals surface area contributed by atoms with Gasteiger partial charge in [-0.05, 0) is 38.9 Å². The lowest BCUT2D eigenvalue weighted by atomic mass is 10.0. The number of aliphatic carboxylic acids is 1. The highest BCUT2D eigenvalue weighted by molar-refractivity contribution is 5.67. The van der Waals surface area contributed by atoms with Crippen LogP contribution in [0.1, 0.15) is 37.3 Å². The molecule has 0 saturated heterocycles. The average Bonchev–Trinajstić information content (AvgIpc) is 2.37. The Labute approximate surface area is 116 Å². The fourth-order valence-electron chi connectivity index (χ4n) is 2.17. The topological polar surface area (TPSA) is 40.5 Å². The van der Waals surface area contributed by atoms with Gasteiger partial charge in [-0.3, -0.25) is 4.79 Å². The molecular weight excluding hydrogens is 238 g/mol. The number of aryl methyl sites for hydroxylation is 1. The van der Waals surface area contributed by atoms with Gasteiger partial charge in [-0.1, -0.05) is 43.2 Å². The average molecular weight is 263 g/mol. The Balaban J connectivity index is 2.67. The Morgan fingerprint density at radius 3 is 2.47 bits per heavy atom. The second kappa shape index (κ2) is 7.95. The third kappa shape index (κ3) is 5.88. The summed E-state index contributed by atoms with van der Waals surface area (Å²) in [6.07, 6.45) is 3.25. The number of hydrogen-bond acceptors (Lipinski definition) is 2. The van der Waals surface area contributed by atoms with Gasteiger partial charge in [0.25, 0.3) is 0 Å². The molecule has 1 N–H and O–H groups in total. The molecule has 19 heavy (non-hydrogen) atoms. The summed E-state index contributed by atoms with van der Waals surface area (Å²) in [6, 6.07) is 8.43. The van der Waals surface area contributed by atoms with E-state index < -0.39 is 5.97 Å². The second-order valence-electron chi connectivity index (χ2n) is 5.28. The van der Waals surface area contributed by atoms with E-state index in [1.165, 1.54) is 11.1 Å². The maximum absolute atomic E-state index is 11.0. The predicted molar refractivity (Wildman–Crippen MR) is 78.5 cm³/mol. The number of benzene rings is 1. The van der Waals surface area contributed by atoms with Gasteiger partial charge in [0.1, 0.15) is 0 Å². The Hall–Kier alpha value is -1.35. The van der Waals surface area contributed by atoms with E-state index in [0.717, 1.165) is 25.8 Å². The van der Waals surface area contributed by atoms with Crippen LogP contribution >= 0.6 is 0 Å². The lowest BCUT2D eigenvalue weighted by molar-refractivity contribution is -0.138. The molecule has 0 heterocycles. The molecule has 0 fully saturated rings. The van der Waals surface area contributed by atoms with Crippen LogP contribution in [0.15, 0.2) is 24.3 Å². The van der Waals surface area contributed by atoms with Crippen molar-refractivity contribution in [3.8, 4) is 0 Å². The van der Waals surface area contributed by atoms with Crippen molar-refractivity contribution < 1.29 is 9.90 Å². The molecule has 0 aliphatic rings. The number of carboxylic acids is 1. The van der Waals surface area contributed by atoms with Crippen molar-refractivity contribution in [2.45, 2.75) is 45.6 Å². The van der Waals surface area contributed by atoms with Gasteiger partial charge < -0.3 is 10.0 Å². The molecule has 0 saturated carbocycles. The molecule has 0 bridgehead atoms. The van der Waals surface area contributed by atoms with Gasteiger partial charge in [0.05, 0.1) is 6.42 Å². The molecular formula is C16H25NO2. The first-order valence-electron chi connectivity index (χ1n) is 7.00. The first-order chi connectivity index (χ1) is 9.02. The van der Waals surface area contributed by atoms with E-state index in [-0.39, 0.29) is 12.5 Å².